The molecular weight excluding hydrogens is 303 g/mol. The van der Waals surface area contributed by atoms with Crippen LogP contribution in [-0.4, -0.2) is 55.2 Å². The number of nitrogens with one attached hydrogen (secondary N) is 1. The third-order valence-corrected chi connectivity index (χ3v) is 3.96. The molecule has 11 heteroatoms. The van der Waals surface area contributed by atoms with Crippen LogP contribution in [0.25, 0.3) is 0 Å². The van der Waals surface area contributed by atoms with E-state index in [0.29, 0.717) is 6.54 Å². The van der Waals surface area contributed by atoms with Gasteiger partial charge in [-0.2, -0.15) is 18.6 Å². The van der Waals surface area contributed by atoms with Gasteiger partial charge in [-0.15, -0.1) is 0 Å². The summed E-state index contributed by atoms with van der Waals surface area (Å²) in [6.45, 7) is 3.68. The summed E-state index contributed by atoms with van der Waals surface area (Å²) in [4.78, 5) is 10.8. The molecule has 3 heterocycles. The number of alkyl halides is 3. The highest BCUT2D eigenvalue weighted by atomic mass is 32.2. The molecular formula is C9H16F3N3O4S. The molecule has 3 saturated heterocycles. The SMILES string of the molecule is NC(=O)C[N+]12CCC(CC1)CN2.O=S(=O)([O-])C(F)(F)F. The van der Waals surface area contributed by atoms with Crippen molar-refractivity contribution in [1.82, 2.24) is 5.43 Å². The molecule has 0 aromatic heterocycles. The standard InChI is InChI=1S/C8H15N3O.CHF3O3S/c9-8(12)6-11-3-1-7(2-4-11)5-10-11;2-1(3,4)8(5,6)7/h7,10H,1-6H2,(H-,9,12);(H,5,6,7). The quantitative estimate of drug-likeness (QED) is 0.396. The summed E-state index contributed by atoms with van der Waals surface area (Å²) in [5.74, 6) is 0.653. The zero-order valence-corrected chi connectivity index (χ0v) is 11.3. The van der Waals surface area contributed by atoms with Crippen LogP contribution >= 0.6 is 0 Å². The second-order valence-corrected chi connectivity index (χ2v) is 6.29. The number of halogens is 3. The first-order valence-corrected chi connectivity index (χ1v) is 7.28. The van der Waals surface area contributed by atoms with E-state index in [1.165, 1.54) is 12.8 Å². The molecule has 0 radical (unpaired) electrons. The Morgan fingerprint density at radius 2 is 1.80 bits per heavy atom. The number of amides is 1. The lowest BCUT2D eigenvalue weighted by atomic mass is 9.93. The van der Waals surface area contributed by atoms with Crippen LogP contribution in [0.3, 0.4) is 0 Å². The van der Waals surface area contributed by atoms with E-state index in [1.54, 1.807) is 0 Å². The van der Waals surface area contributed by atoms with Crippen LogP contribution in [0, 0.1) is 5.92 Å². The molecule has 0 aliphatic carbocycles. The lowest BCUT2D eigenvalue weighted by Crippen LogP contribution is -2.69. The van der Waals surface area contributed by atoms with E-state index in [9.17, 15) is 18.0 Å². The van der Waals surface area contributed by atoms with E-state index in [1.807, 2.05) is 0 Å². The average molecular weight is 319 g/mol. The first-order valence-electron chi connectivity index (χ1n) is 5.87. The van der Waals surface area contributed by atoms with E-state index < -0.39 is 15.6 Å². The van der Waals surface area contributed by atoms with E-state index in [0.717, 1.165) is 30.1 Å². The number of nitrogens with two attached hydrogens (primary N) is 1. The molecule has 0 spiro atoms. The summed E-state index contributed by atoms with van der Waals surface area (Å²) >= 11 is 0. The van der Waals surface area contributed by atoms with E-state index >= 15 is 0 Å². The van der Waals surface area contributed by atoms with Gasteiger partial charge in [-0.3, -0.25) is 4.79 Å². The van der Waals surface area contributed by atoms with Crippen LogP contribution < -0.4 is 11.2 Å². The highest BCUT2D eigenvalue weighted by Gasteiger charge is 2.40. The third-order valence-electron chi connectivity index (χ3n) is 3.39. The molecule has 2 bridgehead atoms. The summed E-state index contributed by atoms with van der Waals surface area (Å²) < 4.78 is 59.6. The maximum absolute atomic E-state index is 10.8. The number of nitrogens with zero attached hydrogens (tertiary/aromatic N) is 1. The van der Waals surface area contributed by atoms with Crippen molar-refractivity contribution in [3.8, 4) is 0 Å². The molecule has 0 aromatic rings. The predicted molar refractivity (Wildman–Crippen MR) is 60.5 cm³/mol. The molecule has 0 atom stereocenters. The minimum atomic E-state index is -6.09. The summed E-state index contributed by atoms with van der Waals surface area (Å²) in [5, 5.41) is 0. The van der Waals surface area contributed by atoms with Crippen LogP contribution in [0.5, 0.6) is 0 Å². The van der Waals surface area contributed by atoms with Gasteiger partial charge in [-0.05, 0) is 5.92 Å². The van der Waals surface area contributed by atoms with Gasteiger partial charge in [0.15, 0.2) is 16.7 Å². The number of hydrogen-bond donors (Lipinski definition) is 2. The number of piperidine rings is 1. The Labute approximate surface area is 114 Å². The fourth-order valence-electron chi connectivity index (χ4n) is 2.31. The first kappa shape index (κ1) is 17.1. The number of quaternary nitrogens is 1. The van der Waals surface area contributed by atoms with Crippen LogP contribution in [0.4, 0.5) is 13.2 Å². The van der Waals surface area contributed by atoms with Gasteiger partial charge in [0.05, 0.1) is 13.1 Å². The van der Waals surface area contributed by atoms with Crippen LogP contribution in [0.2, 0.25) is 0 Å². The first-order chi connectivity index (χ1) is 8.95. The van der Waals surface area contributed by atoms with Crippen LogP contribution in [0.15, 0.2) is 0 Å². The molecule has 1 amide bonds. The normalized spacial score (nSPS) is 29.5. The molecule has 3 aliphatic heterocycles. The summed E-state index contributed by atoms with van der Waals surface area (Å²) in [5.41, 5.74) is 2.96. The number of carbonyl (C=O) groups excluding carboxylic acids is 1. The van der Waals surface area contributed by atoms with Gasteiger partial charge in [-0.25, -0.2) is 13.0 Å². The molecule has 118 valence electrons. The Bertz CT molecular complexity index is 444. The molecule has 20 heavy (non-hydrogen) atoms. The van der Waals surface area contributed by atoms with Crippen LogP contribution in [0.1, 0.15) is 12.8 Å². The second-order valence-electron chi connectivity index (χ2n) is 4.92. The van der Waals surface area contributed by atoms with Crippen molar-refractivity contribution in [3.05, 3.63) is 0 Å². The summed E-state index contributed by atoms with van der Waals surface area (Å²) in [6.07, 6.45) is 2.50. The minimum Gasteiger partial charge on any atom is -0.741 e. The Morgan fingerprint density at radius 3 is 2.05 bits per heavy atom. The Kier molecular flexibility index (Phi) is 5.00. The number of rotatable bonds is 2. The average Bonchev–Trinajstić information content (AvgIpc) is 2.27. The van der Waals surface area contributed by atoms with Gasteiger partial charge in [0.2, 0.25) is 0 Å². The number of carbonyl (C=O) groups is 1. The Hall–Kier alpha value is -0.910. The molecule has 0 saturated carbocycles. The fraction of sp³-hybridized carbons (Fsp3) is 0.889. The topological polar surface area (TPSA) is 112 Å². The van der Waals surface area contributed by atoms with Gasteiger partial charge in [0, 0.05) is 19.4 Å². The number of fused-ring (bicyclic) bond motifs is 3. The van der Waals surface area contributed by atoms with Gasteiger partial charge in [0.1, 0.15) is 0 Å². The maximum atomic E-state index is 10.8. The summed E-state index contributed by atoms with van der Waals surface area (Å²) in [6, 6.07) is 0. The lowest BCUT2D eigenvalue weighted by Gasteiger charge is -2.47. The minimum absolute atomic E-state index is 0.192. The smallest absolute Gasteiger partial charge is 0.485 e. The molecule has 3 rings (SSSR count). The highest BCUT2D eigenvalue weighted by molar-refractivity contribution is 7.86. The molecule has 3 aliphatic rings. The largest absolute Gasteiger partial charge is 0.741 e. The summed E-state index contributed by atoms with van der Waals surface area (Å²) in [7, 11) is -6.09. The van der Waals surface area contributed by atoms with Gasteiger partial charge in [0.25, 0.3) is 5.91 Å². The van der Waals surface area contributed by atoms with Gasteiger partial charge >= 0.3 is 5.51 Å². The van der Waals surface area contributed by atoms with Crippen LogP contribution in [-0.2, 0) is 14.9 Å². The molecule has 3 fully saturated rings. The zero-order valence-electron chi connectivity index (χ0n) is 10.5. The molecule has 7 nitrogen and oxygen atoms in total. The lowest BCUT2D eigenvalue weighted by molar-refractivity contribution is -0.976. The monoisotopic (exact) mass is 319 g/mol. The van der Waals surface area contributed by atoms with Gasteiger partial charge in [-0.1, -0.05) is 0 Å². The number of hydrogen-bond acceptors (Lipinski definition) is 5. The zero-order chi connectivity index (χ0) is 15.6. The van der Waals surface area contributed by atoms with Crippen molar-refractivity contribution in [3.63, 3.8) is 0 Å². The van der Waals surface area contributed by atoms with Crippen molar-refractivity contribution in [2.24, 2.45) is 11.7 Å². The van der Waals surface area contributed by atoms with E-state index in [-0.39, 0.29) is 5.91 Å². The maximum Gasteiger partial charge on any atom is 0.485 e. The molecule has 3 N–H and O–H groups in total. The van der Waals surface area contributed by atoms with Crippen molar-refractivity contribution in [2.75, 3.05) is 26.2 Å². The van der Waals surface area contributed by atoms with E-state index in [2.05, 4.69) is 5.43 Å². The van der Waals surface area contributed by atoms with Crippen molar-refractivity contribution in [2.45, 2.75) is 18.3 Å². The fourth-order valence-corrected chi connectivity index (χ4v) is 2.31. The van der Waals surface area contributed by atoms with E-state index in [4.69, 9.17) is 18.7 Å². The second kappa shape index (κ2) is 5.84. The third kappa shape index (κ3) is 4.58. The number of primary amides is 1. The highest BCUT2D eigenvalue weighted by Crippen LogP contribution is 2.26. The van der Waals surface area contributed by atoms with Crippen molar-refractivity contribution in [1.29, 1.82) is 0 Å². The van der Waals surface area contributed by atoms with Crippen molar-refractivity contribution < 1.29 is 35.5 Å². The molecule has 0 unspecified atom stereocenters. The van der Waals surface area contributed by atoms with Gasteiger partial charge < -0.3 is 10.3 Å². The Morgan fingerprint density at radius 1 is 1.35 bits per heavy atom. The Balaban J connectivity index is 0.000000221. The molecule has 0 aromatic carbocycles. The van der Waals surface area contributed by atoms with Crippen molar-refractivity contribution >= 4 is 16.0 Å². The predicted octanol–water partition coefficient (Wildman–Crippen LogP) is -0.732.